The van der Waals surface area contributed by atoms with E-state index >= 15 is 0 Å². The number of allylic oxidation sites excluding steroid dienone is 4. The Labute approximate surface area is 129 Å². The number of aliphatic hydroxyl groups excluding tert-OH is 1. The topological polar surface area (TPSA) is 20.2 Å². The maximum atomic E-state index is 10.6. The summed E-state index contributed by atoms with van der Waals surface area (Å²) in [5, 5.41) is 10.6. The Kier molecular flexibility index (Phi) is 3.33. The summed E-state index contributed by atoms with van der Waals surface area (Å²) in [6, 6.07) is 0. The molecule has 0 aromatic rings. The van der Waals surface area contributed by atoms with Crippen molar-refractivity contribution in [2.75, 3.05) is 0 Å². The number of aliphatic hydroxyl groups is 1. The fourth-order valence-corrected chi connectivity index (χ4v) is 6.28. The Morgan fingerprint density at radius 1 is 1.24 bits per heavy atom. The van der Waals surface area contributed by atoms with E-state index < -0.39 is 0 Å². The summed E-state index contributed by atoms with van der Waals surface area (Å²) >= 11 is 0. The van der Waals surface area contributed by atoms with Crippen LogP contribution in [0.15, 0.2) is 22.8 Å². The van der Waals surface area contributed by atoms with Crippen molar-refractivity contribution in [3.05, 3.63) is 22.8 Å². The number of fused-ring (bicyclic) bond motifs is 4. The highest BCUT2D eigenvalue weighted by Crippen LogP contribution is 2.62. The van der Waals surface area contributed by atoms with Gasteiger partial charge in [-0.1, -0.05) is 25.5 Å². The Morgan fingerprint density at radius 2 is 2.10 bits per heavy atom. The van der Waals surface area contributed by atoms with Crippen molar-refractivity contribution in [1.29, 1.82) is 0 Å². The van der Waals surface area contributed by atoms with Gasteiger partial charge in [-0.15, -0.1) is 0 Å². The van der Waals surface area contributed by atoms with Gasteiger partial charge in [-0.2, -0.15) is 0 Å². The van der Waals surface area contributed by atoms with Crippen molar-refractivity contribution in [1.82, 2.24) is 0 Å². The molecule has 5 atom stereocenters. The van der Waals surface area contributed by atoms with E-state index in [0.29, 0.717) is 0 Å². The zero-order valence-electron chi connectivity index (χ0n) is 13.7. The Balaban J connectivity index is 1.81. The van der Waals surface area contributed by atoms with Crippen molar-refractivity contribution in [3.63, 3.8) is 0 Å². The average molecular weight is 286 g/mol. The van der Waals surface area contributed by atoms with E-state index in [9.17, 15) is 5.11 Å². The van der Waals surface area contributed by atoms with Crippen LogP contribution in [0.25, 0.3) is 0 Å². The van der Waals surface area contributed by atoms with E-state index in [1.54, 1.807) is 11.1 Å². The fraction of sp³-hybridized carbons (Fsp3) is 0.800. The second-order valence-electron chi connectivity index (χ2n) is 8.22. The van der Waals surface area contributed by atoms with Crippen LogP contribution in [0.5, 0.6) is 0 Å². The first-order valence-corrected chi connectivity index (χ1v) is 9.25. The molecule has 0 bridgehead atoms. The summed E-state index contributed by atoms with van der Waals surface area (Å²) in [6.07, 6.45) is 13.9. The summed E-state index contributed by atoms with van der Waals surface area (Å²) in [6.45, 7) is 4.76. The number of rotatable bonds is 1. The molecule has 0 heterocycles. The van der Waals surface area contributed by atoms with Crippen LogP contribution < -0.4 is 0 Å². The number of hydrogen-bond donors (Lipinski definition) is 1. The lowest BCUT2D eigenvalue weighted by atomic mass is 9.54. The van der Waals surface area contributed by atoms with Crippen LogP contribution in [0.2, 0.25) is 0 Å². The zero-order chi connectivity index (χ0) is 14.6. The molecule has 1 heteroatoms. The quantitative estimate of drug-likeness (QED) is 0.718. The van der Waals surface area contributed by atoms with Gasteiger partial charge >= 0.3 is 0 Å². The summed E-state index contributed by atoms with van der Waals surface area (Å²) in [5.41, 5.74) is 5.53. The third-order valence-corrected chi connectivity index (χ3v) is 7.35. The smallest absolute Gasteiger partial charge is 0.0597 e. The van der Waals surface area contributed by atoms with Gasteiger partial charge in [-0.05, 0) is 92.1 Å². The first-order valence-electron chi connectivity index (χ1n) is 9.25. The largest absolute Gasteiger partial charge is 0.393 e. The lowest BCUT2D eigenvalue weighted by Gasteiger charge is -2.51. The predicted molar refractivity (Wildman–Crippen MR) is 86.9 cm³/mol. The summed E-state index contributed by atoms with van der Waals surface area (Å²) in [4.78, 5) is 0. The molecule has 2 saturated carbocycles. The molecule has 1 nitrogen and oxygen atoms in total. The standard InChI is InChI=1S/C20H30O/c1-3-13-12-20(2)17(10-11-18(20)21)16-9-8-14-6-4-5-7-15(14)19(13)16/h6,13,16-18,21H,3-5,7-12H2,1-2H3/t13-,16-,17-,18-,20-/m0/s1. The zero-order valence-corrected chi connectivity index (χ0v) is 13.7. The molecular formula is C20H30O. The molecule has 116 valence electrons. The third-order valence-electron chi connectivity index (χ3n) is 7.35. The van der Waals surface area contributed by atoms with E-state index in [1.165, 1.54) is 51.4 Å². The SMILES string of the molecule is CC[C@H]1C[C@]2(C)[C@@H](O)CC[C@H]2[C@@H]2CCC3=CCCCC3=C12. The van der Waals surface area contributed by atoms with Crippen LogP contribution in [0.1, 0.15) is 71.6 Å². The molecule has 4 aliphatic rings. The Hall–Kier alpha value is -0.560. The minimum atomic E-state index is -0.0496. The molecule has 0 unspecified atom stereocenters. The minimum absolute atomic E-state index is 0.0496. The molecule has 0 aliphatic heterocycles. The van der Waals surface area contributed by atoms with E-state index in [1.807, 2.05) is 5.57 Å². The van der Waals surface area contributed by atoms with Crippen molar-refractivity contribution in [2.45, 2.75) is 77.7 Å². The highest BCUT2D eigenvalue weighted by molar-refractivity contribution is 5.43. The van der Waals surface area contributed by atoms with Gasteiger partial charge in [0.1, 0.15) is 0 Å². The van der Waals surface area contributed by atoms with Gasteiger partial charge in [0.05, 0.1) is 6.10 Å². The van der Waals surface area contributed by atoms with E-state index in [2.05, 4.69) is 19.9 Å². The Bertz CT molecular complexity index is 500. The molecule has 0 radical (unpaired) electrons. The van der Waals surface area contributed by atoms with Gasteiger partial charge in [0.2, 0.25) is 0 Å². The highest BCUT2D eigenvalue weighted by Gasteiger charge is 2.55. The summed E-state index contributed by atoms with van der Waals surface area (Å²) in [7, 11) is 0. The van der Waals surface area contributed by atoms with Gasteiger partial charge in [0.25, 0.3) is 0 Å². The molecule has 4 aliphatic carbocycles. The van der Waals surface area contributed by atoms with Crippen molar-refractivity contribution < 1.29 is 5.11 Å². The van der Waals surface area contributed by atoms with Gasteiger partial charge in [0.15, 0.2) is 0 Å². The van der Waals surface area contributed by atoms with Gasteiger partial charge in [-0.25, -0.2) is 0 Å². The molecular weight excluding hydrogens is 256 g/mol. The second-order valence-corrected chi connectivity index (χ2v) is 8.22. The summed E-state index contributed by atoms with van der Waals surface area (Å²) in [5.74, 6) is 2.28. The molecule has 21 heavy (non-hydrogen) atoms. The molecule has 4 rings (SSSR count). The van der Waals surface area contributed by atoms with Gasteiger partial charge < -0.3 is 5.11 Å². The van der Waals surface area contributed by atoms with Crippen LogP contribution >= 0.6 is 0 Å². The van der Waals surface area contributed by atoms with Crippen LogP contribution in [-0.4, -0.2) is 11.2 Å². The molecule has 0 aromatic heterocycles. The third kappa shape index (κ3) is 1.92. The lowest BCUT2D eigenvalue weighted by Crippen LogP contribution is -2.45. The first kappa shape index (κ1) is 14.1. The van der Waals surface area contributed by atoms with Crippen molar-refractivity contribution >= 4 is 0 Å². The minimum Gasteiger partial charge on any atom is -0.393 e. The fourth-order valence-electron chi connectivity index (χ4n) is 6.28. The lowest BCUT2D eigenvalue weighted by molar-refractivity contribution is -0.0135. The van der Waals surface area contributed by atoms with Crippen LogP contribution in [0.4, 0.5) is 0 Å². The Morgan fingerprint density at radius 3 is 2.90 bits per heavy atom. The predicted octanol–water partition coefficient (Wildman–Crippen LogP) is 5.01. The van der Waals surface area contributed by atoms with Crippen molar-refractivity contribution in [2.24, 2.45) is 23.2 Å². The van der Waals surface area contributed by atoms with E-state index in [0.717, 1.165) is 24.2 Å². The van der Waals surface area contributed by atoms with Crippen LogP contribution in [-0.2, 0) is 0 Å². The van der Waals surface area contributed by atoms with E-state index in [-0.39, 0.29) is 11.5 Å². The molecule has 2 fully saturated rings. The van der Waals surface area contributed by atoms with Gasteiger partial charge in [0, 0.05) is 0 Å². The van der Waals surface area contributed by atoms with Crippen LogP contribution in [0, 0.1) is 23.2 Å². The maximum absolute atomic E-state index is 10.6. The van der Waals surface area contributed by atoms with Crippen LogP contribution in [0.3, 0.4) is 0 Å². The molecule has 1 N–H and O–H groups in total. The molecule has 0 amide bonds. The maximum Gasteiger partial charge on any atom is 0.0597 e. The summed E-state index contributed by atoms with van der Waals surface area (Å²) < 4.78 is 0. The monoisotopic (exact) mass is 286 g/mol. The first-order chi connectivity index (χ1) is 10.1. The normalized spacial score (nSPS) is 45.8. The van der Waals surface area contributed by atoms with Gasteiger partial charge in [-0.3, -0.25) is 0 Å². The number of hydrogen-bond acceptors (Lipinski definition) is 1. The molecule has 0 spiro atoms. The average Bonchev–Trinajstić information content (AvgIpc) is 2.81. The molecule has 0 aromatic carbocycles. The molecule has 0 saturated heterocycles. The van der Waals surface area contributed by atoms with E-state index in [4.69, 9.17) is 0 Å². The second kappa shape index (κ2) is 4.98. The highest BCUT2D eigenvalue weighted by atomic mass is 16.3. The van der Waals surface area contributed by atoms with Crippen molar-refractivity contribution in [3.8, 4) is 0 Å².